The van der Waals surface area contributed by atoms with Crippen molar-refractivity contribution in [2.75, 3.05) is 0 Å². The summed E-state index contributed by atoms with van der Waals surface area (Å²) >= 11 is 0. The lowest BCUT2D eigenvalue weighted by Gasteiger charge is -2.49. The van der Waals surface area contributed by atoms with Crippen molar-refractivity contribution in [2.45, 2.75) is 122 Å². The Morgan fingerprint density at radius 2 is 1.15 bits per heavy atom. The maximum absolute atomic E-state index is 2.48. The SMILES string of the molecule is CC(C)(C)c1cccc(C2(P(C(C)(C)C)C(C)(C)C)CC2)c1C(C)(C)C. The fourth-order valence-electron chi connectivity index (χ4n) is 5.40. The van der Waals surface area contributed by atoms with Gasteiger partial charge in [-0.1, -0.05) is 109 Å². The molecule has 26 heavy (non-hydrogen) atoms. The van der Waals surface area contributed by atoms with E-state index in [1.165, 1.54) is 12.8 Å². The maximum atomic E-state index is 2.48. The Kier molecular flexibility index (Phi) is 5.35. The molecule has 0 unspecified atom stereocenters. The molecule has 1 saturated carbocycles. The molecular formula is C25H43P. The predicted octanol–water partition coefficient (Wildman–Crippen LogP) is 8.35. The number of rotatable bonds is 2. The van der Waals surface area contributed by atoms with Gasteiger partial charge < -0.3 is 0 Å². The van der Waals surface area contributed by atoms with E-state index in [0.29, 0.717) is 15.5 Å². The first-order valence-corrected chi connectivity index (χ1v) is 11.7. The van der Waals surface area contributed by atoms with Crippen LogP contribution in [0.1, 0.15) is 113 Å². The van der Waals surface area contributed by atoms with Crippen molar-refractivity contribution in [3.05, 3.63) is 34.9 Å². The van der Waals surface area contributed by atoms with E-state index in [1.54, 1.807) is 16.7 Å². The standard InChI is InChI=1S/C25H43P/c1-21(2,3)18-14-13-15-19(20(18)22(4,5)6)25(16-17-25)26(23(7,8)9)24(10,11)12/h13-15H,16-17H2,1-12H3. The Morgan fingerprint density at radius 3 is 1.46 bits per heavy atom. The molecule has 1 aromatic rings. The minimum absolute atomic E-state index is 0.163. The molecule has 0 nitrogen and oxygen atoms in total. The van der Waals surface area contributed by atoms with Crippen LogP contribution >= 0.6 is 7.92 Å². The molecule has 1 fully saturated rings. The Bertz CT molecular complexity index is 635. The van der Waals surface area contributed by atoms with Gasteiger partial charge in [-0.3, -0.25) is 0 Å². The second-order valence-corrected chi connectivity index (χ2v) is 16.6. The van der Waals surface area contributed by atoms with Gasteiger partial charge in [0.1, 0.15) is 0 Å². The highest BCUT2D eigenvalue weighted by atomic mass is 31.1. The van der Waals surface area contributed by atoms with E-state index < -0.39 is 0 Å². The molecule has 0 saturated heterocycles. The van der Waals surface area contributed by atoms with Gasteiger partial charge >= 0.3 is 0 Å². The van der Waals surface area contributed by atoms with Crippen molar-refractivity contribution in [2.24, 2.45) is 0 Å². The van der Waals surface area contributed by atoms with Crippen LogP contribution in [0.5, 0.6) is 0 Å². The summed E-state index contributed by atoms with van der Waals surface area (Å²) in [6.45, 7) is 29.2. The smallest absolute Gasteiger partial charge is 0.0168 e. The Labute approximate surface area is 165 Å². The average Bonchev–Trinajstić information content (AvgIpc) is 3.13. The van der Waals surface area contributed by atoms with E-state index in [2.05, 4.69) is 101 Å². The molecule has 0 amide bonds. The summed E-state index contributed by atoms with van der Waals surface area (Å²) in [4.78, 5) is 0. The van der Waals surface area contributed by atoms with E-state index >= 15 is 0 Å². The molecule has 0 spiro atoms. The molecule has 2 rings (SSSR count). The topological polar surface area (TPSA) is 0 Å². The number of hydrogen-bond acceptors (Lipinski definition) is 0. The third kappa shape index (κ3) is 4.06. The first kappa shape index (κ1) is 21.9. The second-order valence-electron chi connectivity index (χ2n) is 12.4. The molecule has 0 atom stereocenters. The highest BCUT2D eigenvalue weighted by Crippen LogP contribution is 2.80. The molecule has 1 aliphatic rings. The second kappa shape index (κ2) is 6.34. The molecule has 148 valence electrons. The fraction of sp³-hybridized carbons (Fsp3) is 0.760. The van der Waals surface area contributed by atoms with Gasteiger partial charge in [0, 0.05) is 5.16 Å². The Hall–Kier alpha value is -0.350. The van der Waals surface area contributed by atoms with Crippen LogP contribution in [0, 0.1) is 0 Å². The summed E-state index contributed by atoms with van der Waals surface area (Å²) in [6.07, 6.45) is 2.73. The van der Waals surface area contributed by atoms with Crippen LogP contribution in [0.25, 0.3) is 0 Å². The highest BCUT2D eigenvalue weighted by molar-refractivity contribution is 7.62. The molecular weight excluding hydrogens is 331 g/mol. The number of benzene rings is 1. The van der Waals surface area contributed by atoms with E-state index in [4.69, 9.17) is 0 Å². The van der Waals surface area contributed by atoms with Crippen molar-refractivity contribution in [1.29, 1.82) is 0 Å². The molecule has 1 aliphatic carbocycles. The zero-order valence-corrected chi connectivity index (χ0v) is 20.5. The van der Waals surface area contributed by atoms with E-state index in [9.17, 15) is 0 Å². The summed E-state index contributed by atoms with van der Waals surface area (Å²) in [5, 5.41) is 1.11. The largest absolute Gasteiger partial charge is 0.0847 e. The van der Waals surface area contributed by atoms with Crippen LogP contribution in [0.4, 0.5) is 0 Å². The van der Waals surface area contributed by atoms with Gasteiger partial charge in [-0.15, -0.1) is 0 Å². The minimum Gasteiger partial charge on any atom is -0.0847 e. The normalized spacial score (nSPS) is 18.3. The molecule has 0 heterocycles. The van der Waals surface area contributed by atoms with E-state index in [-0.39, 0.29) is 18.8 Å². The van der Waals surface area contributed by atoms with Gasteiger partial charge in [-0.2, -0.15) is 0 Å². The van der Waals surface area contributed by atoms with Crippen LogP contribution in [-0.2, 0) is 16.0 Å². The molecule has 0 radical (unpaired) electrons. The quantitative estimate of drug-likeness (QED) is 0.456. The fourth-order valence-corrected chi connectivity index (χ4v) is 11.0. The first-order chi connectivity index (χ1) is 11.4. The minimum atomic E-state index is -0.163. The third-order valence-electron chi connectivity index (χ3n) is 5.62. The molecule has 0 bridgehead atoms. The summed E-state index contributed by atoms with van der Waals surface area (Å²) in [5.41, 5.74) is 5.21. The number of hydrogen-bond donors (Lipinski definition) is 0. The van der Waals surface area contributed by atoms with Crippen molar-refractivity contribution in [3.63, 3.8) is 0 Å². The van der Waals surface area contributed by atoms with Crippen molar-refractivity contribution < 1.29 is 0 Å². The van der Waals surface area contributed by atoms with Crippen LogP contribution < -0.4 is 0 Å². The Morgan fingerprint density at radius 1 is 0.692 bits per heavy atom. The zero-order chi connectivity index (χ0) is 20.3. The van der Waals surface area contributed by atoms with Crippen molar-refractivity contribution >= 4 is 7.92 Å². The lowest BCUT2D eigenvalue weighted by Crippen LogP contribution is -2.34. The van der Waals surface area contributed by atoms with Gasteiger partial charge in [0.2, 0.25) is 0 Å². The summed E-state index contributed by atoms with van der Waals surface area (Å²) < 4.78 is 0. The lowest BCUT2D eigenvalue weighted by atomic mass is 9.72. The zero-order valence-electron chi connectivity index (χ0n) is 19.6. The summed E-state index contributed by atoms with van der Waals surface area (Å²) in [6, 6.07) is 7.20. The van der Waals surface area contributed by atoms with Crippen molar-refractivity contribution in [3.8, 4) is 0 Å². The van der Waals surface area contributed by atoms with E-state index in [0.717, 1.165) is 0 Å². The van der Waals surface area contributed by atoms with Gasteiger partial charge in [0.25, 0.3) is 0 Å². The van der Waals surface area contributed by atoms with Gasteiger partial charge in [0.05, 0.1) is 0 Å². The lowest BCUT2D eigenvalue weighted by molar-refractivity contribution is 0.522. The predicted molar refractivity (Wildman–Crippen MR) is 121 cm³/mol. The molecule has 0 aromatic heterocycles. The Balaban J connectivity index is 2.80. The molecule has 0 N–H and O–H groups in total. The van der Waals surface area contributed by atoms with Gasteiger partial charge in [-0.25, -0.2) is 0 Å². The highest BCUT2D eigenvalue weighted by Gasteiger charge is 2.59. The summed E-state index contributed by atoms with van der Waals surface area (Å²) in [7, 11) is -0.163. The monoisotopic (exact) mass is 374 g/mol. The third-order valence-corrected chi connectivity index (χ3v) is 9.84. The van der Waals surface area contributed by atoms with E-state index in [1.807, 2.05) is 0 Å². The molecule has 1 heteroatoms. The van der Waals surface area contributed by atoms with Crippen LogP contribution in [0.3, 0.4) is 0 Å². The van der Waals surface area contributed by atoms with Crippen LogP contribution in [0.15, 0.2) is 18.2 Å². The van der Waals surface area contributed by atoms with Crippen LogP contribution in [0.2, 0.25) is 0 Å². The first-order valence-electron chi connectivity index (χ1n) is 10.4. The van der Waals surface area contributed by atoms with Crippen LogP contribution in [-0.4, -0.2) is 10.3 Å². The maximum Gasteiger partial charge on any atom is 0.0168 e. The average molecular weight is 375 g/mol. The van der Waals surface area contributed by atoms with Crippen molar-refractivity contribution in [1.82, 2.24) is 0 Å². The van der Waals surface area contributed by atoms with Gasteiger partial charge in [-0.05, 0) is 50.7 Å². The molecule has 0 aliphatic heterocycles. The summed E-state index contributed by atoms with van der Waals surface area (Å²) in [5.74, 6) is 0. The van der Waals surface area contributed by atoms with Gasteiger partial charge in [0.15, 0.2) is 0 Å². The molecule has 1 aromatic carbocycles.